The first-order valence-electron chi connectivity index (χ1n) is 9.46. The minimum Gasteiger partial charge on any atom is -0.459 e. The molecule has 0 atom stereocenters. The lowest BCUT2D eigenvalue weighted by molar-refractivity contribution is 0.534. The fraction of sp³-hybridized carbons (Fsp3) is 0.286. The number of aryl methyl sites for hydroxylation is 2. The predicted octanol–water partition coefficient (Wildman–Crippen LogP) is 3.70. The average Bonchev–Trinajstić information content (AvgIpc) is 3.29. The smallest absolute Gasteiger partial charge is 0.191 e. The van der Waals surface area contributed by atoms with Crippen LogP contribution in [0.5, 0.6) is 0 Å². The molecule has 0 amide bonds. The lowest BCUT2D eigenvalue weighted by Gasteiger charge is -2.11. The van der Waals surface area contributed by atoms with Gasteiger partial charge in [-0.15, -0.1) is 34.2 Å². The number of rotatable bonds is 6. The van der Waals surface area contributed by atoms with Crippen molar-refractivity contribution in [2.45, 2.75) is 26.3 Å². The molecule has 152 valence electrons. The van der Waals surface area contributed by atoms with Gasteiger partial charge in [0.25, 0.3) is 0 Å². The molecule has 0 bridgehead atoms. The third kappa shape index (κ3) is 4.69. The van der Waals surface area contributed by atoms with Crippen molar-refractivity contribution in [2.75, 3.05) is 13.6 Å². The molecule has 3 aromatic heterocycles. The minimum absolute atomic E-state index is 0. The molecule has 0 spiro atoms. The molecule has 0 aliphatic carbocycles. The molecule has 4 rings (SSSR count). The summed E-state index contributed by atoms with van der Waals surface area (Å²) in [5, 5.41) is 16.3. The molecular formula is C21H25IN6O. The van der Waals surface area contributed by atoms with Gasteiger partial charge in [-0.25, -0.2) is 0 Å². The summed E-state index contributed by atoms with van der Waals surface area (Å²) in [5.41, 5.74) is 2.96. The average molecular weight is 504 g/mol. The molecule has 0 unspecified atom stereocenters. The number of hydrogen-bond donors (Lipinski definition) is 2. The second kappa shape index (κ2) is 9.73. The molecule has 2 N–H and O–H groups in total. The van der Waals surface area contributed by atoms with E-state index in [4.69, 9.17) is 4.42 Å². The molecule has 4 aromatic rings. The highest BCUT2D eigenvalue weighted by molar-refractivity contribution is 14.0. The Balaban J connectivity index is 0.00000240. The Hall–Kier alpha value is -2.62. The van der Waals surface area contributed by atoms with Gasteiger partial charge in [0.15, 0.2) is 11.6 Å². The van der Waals surface area contributed by atoms with E-state index in [2.05, 4.69) is 38.8 Å². The molecule has 0 radical (unpaired) electrons. The van der Waals surface area contributed by atoms with Crippen molar-refractivity contribution in [1.29, 1.82) is 0 Å². The second-order valence-corrected chi connectivity index (χ2v) is 6.65. The summed E-state index contributed by atoms with van der Waals surface area (Å²) in [6.45, 7) is 3.47. The Morgan fingerprint density at radius 3 is 2.76 bits per heavy atom. The third-order valence-corrected chi connectivity index (χ3v) is 4.84. The van der Waals surface area contributed by atoms with Gasteiger partial charge in [0.2, 0.25) is 0 Å². The minimum atomic E-state index is 0. The maximum atomic E-state index is 5.95. The number of fused-ring (bicyclic) bond motifs is 2. The van der Waals surface area contributed by atoms with E-state index in [-0.39, 0.29) is 24.0 Å². The number of benzene rings is 1. The Labute approximate surface area is 186 Å². The van der Waals surface area contributed by atoms with Gasteiger partial charge in [-0.1, -0.05) is 24.3 Å². The number of furan rings is 1. The van der Waals surface area contributed by atoms with Crippen molar-refractivity contribution < 1.29 is 4.42 Å². The topological polar surface area (TPSA) is 79.8 Å². The molecule has 1 aromatic carbocycles. The number of hydrogen-bond acceptors (Lipinski definition) is 4. The van der Waals surface area contributed by atoms with Crippen LogP contribution >= 0.6 is 24.0 Å². The molecule has 29 heavy (non-hydrogen) atoms. The first kappa shape index (κ1) is 21.1. The predicted molar refractivity (Wildman–Crippen MR) is 126 cm³/mol. The third-order valence-electron chi connectivity index (χ3n) is 4.84. The highest BCUT2D eigenvalue weighted by Gasteiger charge is 2.10. The fourth-order valence-electron chi connectivity index (χ4n) is 3.29. The molecule has 0 aliphatic heterocycles. The molecular weight excluding hydrogens is 479 g/mol. The largest absolute Gasteiger partial charge is 0.459 e. The van der Waals surface area contributed by atoms with Crippen LogP contribution in [0.15, 0.2) is 58.1 Å². The molecule has 0 saturated carbocycles. The Morgan fingerprint density at radius 2 is 1.93 bits per heavy atom. The van der Waals surface area contributed by atoms with Crippen molar-refractivity contribution in [2.24, 2.45) is 4.99 Å². The van der Waals surface area contributed by atoms with Gasteiger partial charge in [0.1, 0.15) is 17.2 Å². The zero-order chi connectivity index (χ0) is 19.3. The summed E-state index contributed by atoms with van der Waals surface area (Å²) in [4.78, 5) is 4.29. The van der Waals surface area contributed by atoms with Gasteiger partial charge in [-0.3, -0.25) is 9.39 Å². The van der Waals surface area contributed by atoms with Crippen LogP contribution in [0.3, 0.4) is 0 Å². The summed E-state index contributed by atoms with van der Waals surface area (Å²) in [6, 6.07) is 14.0. The van der Waals surface area contributed by atoms with Crippen LogP contribution in [0.4, 0.5) is 0 Å². The molecule has 0 aliphatic rings. The number of aromatic nitrogens is 3. The highest BCUT2D eigenvalue weighted by Crippen LogP contribution is 2.24. The number of pyridine rings is 1. The standard InChI is InChI=1S/C21H24N6O.HI/c1-15-16-8-3-4-9-17(16)28-18(15)14-24-21(22-2)23-12-7-11-20-26-25-19-10-5-6-13-27(19)20;/h3-6,8-10,13H,7,11-12,14H2,1-2H3,(H2,22,23,24);1H. The van der Waals surface area contributed by atoms with E-state index >= 15 is 0 Å². The number of nitrogens with zero attached hydrogens (tertiary/aromatic N) is 4. The summed E-state index contributed by atoms with van der Waals surface area (Å²) >= 11 is 0. The monoisotopic (exact) mass is 504 g/mol. The van der Waals surface area contributed by atoms with Crippen molar-refractivity contribution in [3.63, 3.8) is 0 Å². The zero-order valence-electron chi connectivity index (χ0n) is 16.6. The lowest BCUT2D eigenvalue weighted by atomic mass is 10.1. The Morgan fingerprint density at radius 1 is 1.10 bits per heavy atom. The van der Waals surface area contributed by atoms with E-state index in [1.165, 1.54) is 0 Å². The van der Waals surface area contributed by atoms with Crippen LogP contribution < -0.4 is 10.6 Å². The highest BCUT2D eigenvalue weighted by atomic mass is 127. The van der Waals surface area contributed by atoms with Crippen LogP contribution in [0, 0.1) is 6.92 Å². The molecule has 3 heterocycles. The van der Waals surface area contributed by atoms with Gasteiger partial charge < -0.3 is 15.1 Å². The number of halogens is 1. The summed E-state index contributed by atoms with van der Waals surface area (Å²) in [5.74, 6) is 2.66. The first-order valence-corrected chi connectivity index (χ1v) is 9.46. The van der Waals surface area contributed by atoms with Crippen LogP contribution in [0.1, 0.15) is 23.6 Å². The van der Waals surface area contributed by atoms with Crippen molar-refractivity contribution in [3.05, 3.63) is 65.8 Å². The summed E-state index contributed by atoms with van der Waals surface area (Å²) < 4.78 is 7.97. The number of para-hydroxylation sites is 1. The van der Waals surface area contributed by atoms with Crippen LogP contribution in [-0.4, -0.2) is 34.2 Å². The van der Waals surface area contributed by atoms with Gasteiger partial charge in [-0.2, -0.15) is 0 Å². The van der Waals surface area contributed by atoms with E-state index in [0.29, 0.717) is 6.54 Å². The maximum absolute atomic E-state index is 5.95. The second-order valence-electron chi connectivity index (χ2n) is 6.65. The zero-order valence-corrected chi connectivity index (χ0v) is 18.9. The maximum Gasteiger partial charge on any atom is 0.191 e. The molecule has 0 fully saturated rings. The number of aliphatic imine (C=N–C) groups is 1. The Bertz CT molecular complexity index is 1120. The van der Waals surface area contributed by atoms with Crippen molar-refractivity contribution in [3.8, 4) is 0 Å². The van der Waals surface area contributed by atoms with Crippen LogP contribution in [0.2, 0.25) is 0 Å². The van der Waals surface area contributed by atoms with Crippen molar-refractivity contribution in [1.82, 2.24) is 25.2 Å². The molecule has 8 heteroatoms. The summed E-state index contributed by atoms with van der Waals surface area (Å²) in [7, 11) is 1.77. The number of guanidine groups is 1. The normalized spacial score (nSPS) is 11.6. The van der Waals surface area contributed by atoms with E-state index < -0.39 is 0 Å². The van der Waals surface area contributed by atoms with E-state index in [0.717, 1.165) is 59.1 Å². The van der Waals surface area contributed by atoms with Gasteiger partial charge in [0, 0.05) is 37.2 Å². The van der Waals surface area contributed by atoms with Crippen molar-refractivity contribution >= 4 is 46.6 Å². The van der Waals surface area contributed by atoms with Gasteiger partial charge in [-0.05, 0) is 31.5 Å². The number of nitrogens with one attached hydrogen (secondary N) is 2. The molecule has 0 saturated heterocycles. The van der Waals surface area contributed by atoms with E-state index in [9.17, 15) is 0 Å². The van der Waals surface area contributed by atoms with E-state index in [1.807, 2.05) is 47.0 Å². The lowest BCUT2D eigenvalue weighted by Crippen LogP contribution is -2.37. The van der Waals surface area contributed by atoms with Gasteiger partial charge >= 0.3 is 0 Å². The van der Waals surface area contributed by atoms with Crippen LogP contribution in [0.25, 0.3) is 16.6 Å². The SMILES string of the molecule is CN=C(NCCCc1nnc2ccccn12)NCc1oc2ccccc2c1C.I. The molecule has 7 nitrogen and oxygen atoms in total. The first-order chi connectivity index (χ1) is 13.8. The van der Waals surface area contributed by atoms with Crippen LogP contribution in [-0.2, 0) is 13.0 Å². The quantitative estimate of drug-likeness (QED) is 0.181. The fourth-order valence-corrected chi connectivity index (χ4v) is 3.29. The van der Waals surface area contributed by atoms with E-state index in [1.54, 1.807) is 7.05 Å². The summed E-state index contributed by atoms with van der Waals surface area (Å²) in [6.07, 6.45) is 3.77. The Kier molecular flexibility index (Phi) is 7.08. The van der Waals surface area contributed by atoms with Gasteiger partial charge in [0.05, 0.1) is 6.54 Å².